The minimum absolute atomic E-state index is 0.140. The van der Waals surface area contributed by atoms with Crippen molar-refractivity contribution in [3.63, 3.8) is 0 Å². The summed E-state index contributed by atoms with van der Waals surface area (Å²) in [6.45, 7) is -0.177. The number of benzene rings is 1. The maximum atomic E-state index is 12.8. The van der Waals surface area contributed by atoms with Gasteiger partial charge in [0, 0.05) is 23.2 Å². The van der Waals surface area contributed by atoms with Gasteiger partial charge in [0.15, 0.2) is 5.78 Å². The van der Waals surface area contributed by atoms with Crippen LogP contribution in [0.25, 0.3) is 10.9 Å². The number of aldehydes is 1. The van der Waals surface area contributed by atoms with Gasteiger partial charge in [0.2, 0.25) is 0 Å². The molecule has 9 heteroatoms. The summed E-state index contributed by atoms with van der Waals surface area (Å²) in [6, 6.07) is 8.99. The Morgan fingerprint density at radius 3 is 2.65 bits per heavy atom. The molecule has 0 aliphatic heterocycles. The summed E-state index contributed by atoms with van der Waals surface area (Å²) in [4.78, 5) is 26.6. The van der Waals surface area contributed by atoms with Crippen molar-refractivity contribution in [2.24, 2.45) is 5.92 Å². The number of aromatic nitrogens is 3. The van der Waals surface area contributed by atoms with Crippen LogP contribution in [-0.4, -0.2) is 33.4 Å². The molecule has 1 fully saturated rings. The highest BCUT2D eigenvalue weighted by Gasteiger charge is 2.32. The first-order valence-electron chi connectivity index (χ1n) is 10.1. The molecule has 0 bridgehead atoms. The molecular weight excluding hydrogens is 409 g/mol. The molecule has 1 aliphatic carbocycles. The fourth-order valence-electron chi connectivity index (χ4n) is 3.86. The van der Waals surface area contributed by atoms with E-state index in [0.717, 1.165) is 48.9 Å². The molecule has 1 N–H and O–H groups in total. The maximum absolute atomic E-state index is 12.8. The average molecular weight is 430 g/mol. The molecule has 6 nitrogen and oxygen atoms in total. The zero-order valence-electron chi connectivity index (χ0n) is 16.6. The molecule has 2 heterocycles. The van der Waals surface area contributed by atoms with E-state index < -0.39 is 17.7 Å². The number of anilines is 1. The van der Waals surface area contributed by atoms with Crippen LogP contribution in [0.3, 0.4) is 0 Å². The molecule has 1 saturated carbocycles. The Morgan fingerprint density at radius 2 is 1.94 bits per heavy atom. The van der Waals surface area contributed by atoms with Crippen LogP contribution in [0.1, 0.15) is 47.9 Å². The lowest BCUT2D eigenvalue weighted by atomic mass is 9.87. The first kappa shape index (κ1) is 21.0. The number of halogens is 3. The van der Waals surface area contributed by atoms with E-state index in [9.17, 15) is 22.8 Å². The molecule has 0 amide bonds. The molecular formula is C22H21F3N4O2. The lowest BCUT2D eigenvalue weighted by molar-refractivity contribution is -0.141. The van der Waals surface area contributed by atoms with Gasteiger partial charge in [0.05, 0.1) is 18.1 Å². The van der Waals surface area contributed by atoms with Crippen molar-refractivity contribution in [2.75, 3.05) is 11.9 Å². The minimum atomic E-state index is -4.60. The van der Waals surface area contributed by atoms with Crippen LogP contribution in [0.15, 0.2) is 42.6 Å². The number of Topliss-reactive ketones (excluding diaryl/α,β-unsaturated/α-hetero) is 1. The molecule has 4 rings (SSSR count). The van der Waals surface area contributed by atoms with E-state index in [4.69, 9.17) is 0 Å². The summed E-state index contributed by atoms with van der Waals surface area (Å²) in [5.41, 5.74) is 0.155. The predicted molar refractivity (Wildman–Crippen MR) is 109 cm³/mol. The summed E-state index contributed by atoms with van der Waals surface area (Å²) in [6.07, 6.45) is 1.92. The molecule has 0 atom stereocenters. The summed E-state index contributed by atoms with van der Waals surface area (Å²) >= 11 is 0. The van der Waals surface area contributed by atoms with Crippen LogP contribution in [0, 0.1) is 5.92 Å². The van der Waals surface area contributed by atoms with E-state index >= 15 is 0 Å². The second-order valence-electron chi connectivity index (χ2n) is 7.77. The normalized spacial score (nSPS) is 19.3. The fraction of sp³-hybridized carbons (Fsp3) is 0.364. The SMILES string of the molecule is O=CC1CCC(n2cc3cc(NCC(=O)c4cccc(C(F)(F)F)n4)ccc3n2)CC1. The second kappa shape index (κ2) is 8.49. The molecule has 2 aromatic heterocycles. The maximum Gasteiger partial charge on any atom is 0.433 e. The van der Waals surface area contributed by atoms with Gasteiger partial charge in [0.25, 0.3) is 0 Å². The fourth-order valence-corrected chi connectivity index (χ4v) is 3.86. The lowest BCUT2D eigenvalue weighted by Crippen LogP contribution is -2.19. The third-order valence-corrected chi connectivity index (χ3v) is 5.61. The van der Waals surface area contributed by atoms with Crippen LogP contribution in [0.2, 0.25) is 0 Å². The van der Waals surface area contributed by atoms with Crippen molar-refractivity contribution in [1.29, 1.82) is 0 Å². The Labute approximate surface area is 176 Å². The number of hydrogen-bond donors (Lipinski definition) is 1. The summed E-state index contributed by atoms with van der Waals surface area (Å²) in [5, 5.41) is 8.47. The van der Waals surface area contributed by atoms with E-state index in [-0.39, 0.29) is 24.2 Å². The van der Waals surface area contributed by atoms with Crippen LogP contribution in [-0.2, 0) is 11.0 Å². The zero-order chi connectivity index (χ0) is 22.0. The van der Waals surface area contributed by atoms with Gasteiger partial charge in [-0.25, -0.2) is 4.98 Å². The Hall–Kier alpha value is -3.23. The van der Waals surface area contributed by atoms with Crippen molar-refractivity contribution < 1.29 is 22.8 Å². The van der Waals surface area contributed by atoms with E-state index in [1.165, 1.54) is 12.1 Å². The third kappa shape index (κ3) is 4.76. The molecule has 1 aromatic carbocycles. The summed E-state index contributed by atoms with van der Waals surface area (Å²) in [7, 11) is 0. The topological polar surface area (TPSA) is 76.9 Å². The number of rotatable bonds is 6. The van der Waals surface area contributed by atoms with E-state index in [2.05, 4.69) is 15.4 Å². The van der Waals surface area contributed by atoms with Crippen LogP contribution >= 0.6 is 0 Å². The molecule has 3 aromatic rings. The van der Waals surface area contributed by atoms with Crippen molar-refractivity contribution in [2.45, 2.75) is 37.9 Å². The monoisotopic (exact) mass is 430 g/mol. The van der Waals surface area contributed by atoms with Crippen LogP contribution in [0.4, 0.5) is 18.9 Å². The molecule has 0 spiro atoms. The number of hydrogen-bond acceptors (Lipinski definition) is 5. The molecule has 0 unspecified atom stereocenters. The third-order valence-electron chi connectivity index (χ3n) is 5.61. The predicted octanol–water partition coefficient (Wildman–Crippen LogP) is 4.68. The van der Waals surface area contributed by atoms with Gasteiger partial charge >= 0.3 is 6.18 Å². The highest BCUT2D eigenvalue weighted by Crippen LogP contribution is 2.32. The summed E-state index contributed by atoms with van der Waals surface area (Å²) in [5.74, 6) is -0.394. The molecule has 1 aliphatic rings. The molecule has 31 heavy (non-hydrogen) atoms. The van der Waals surface area contributed by atoms with Crippen molar-refractivity contribution in [3.05, 3.63) is 54.0 Å². The van der Waals surface area contributed by atoms with Gasteiger partial charge in [-0.15, -0.1) is 0 Å². The minimum Gasteiger partial charge on any atom is -0.377 e. The van der Waals surface area contributed by atoms with Gasteiger partial charge in [-0.1, -0.05) is 6.07 Å². The van der Waals surface area contributed by atoms with E-state index in [0.29, 0.717) is 5.69 Å². The standard InChI is InChI=1S/C22H21F3N4O2/c23-22(24,25)21-3-1-2-19(27-21)20(31)11-26-16-6-9-18-15(10-16)12-29(28-18)17-7-4-14(13-30)5-8-17/h1-3,6,9-10,12-14,17,26H,4-5,7-8,11H2. The van der Waals surface area contributed by atoms with Crippen LogP contribution < -0.4 is 5.32 Å². The highest BCUT2D eigenvalue weighted by atomic mass is 19.4. The number of carbonyl (C=O) groups excluding carboxylic acids is 2. The number of nitrogens with one attached hydrogen (secondary N) is 1. The number of alkyl halides is 3. The molecule has 162 valence electrons. The average Bonchev–Trinajstić information content (AvgIpc) is 3.20. The second-order valence-corrected chi connectivity index (χ2v) is 7.77. The van der Waals surface area contributed by atoms with Crippen molar-refractivity contribution in [3.8, 4) is 0 Å². The number of carbonyl (C=O) groups is 2. The number of fused-ring (bicyclic) bond motifs is 1. The smallest absolute Gasteiger partial charge is 0.377 e. The van der Waals surface area contributed by atoms with E-state index in [1.54, 1.807) is 6.07 Å². The van der Waals surface area contributed by atoms with Crippen LogP contribution in [0.5, 0.6) is 0 Å². The number of nitrogens with zero attached hydrogens (tertiary/aromatic N) is 3. The number of ketones is 1. The summed E-state index contributed by atoms with van der Waals surface area (Å²) < 4.78 is 40.3. The first-order valence-corrected chi connectivity index (χ1v) is 10.1. The van der Waals surface area contributed by atoms with Crippen molar-refractivity contribution in [1.82, 2.24) is 14.8 Å². The number of pyridine rings is 1. The largest absolute Gasteiger partial charge is 0.433 e. The van der Waals surface area contributed by atoms with Gasteiger partial charge in [-0.05, 0) is 56.0 Å². The molecule has 0 saturated heterocycles. The molecule has 0 radical (unpaired) electrons. The quantitative estimate of drug-likeness (QED) is 0.454. The highest BCUT2D eigenvalue weighted by molar-refractivity contribution is 5.97. The van der Waals surface area contributed by atoms with Gasteiger partial charge < -0.3 is 10.1 Å². The lowest BCUT2D eigenvalue weighted by Gasteiger charge is -2.25. The van der Waals surface area contributed by atoms with Crippen molar-refractivity contribution >= 4 is 28.7 Å². The zero-order valence-corrected chi connectivity index (χ0v) is 16.6. The van der Waals surface area contributed by atoms with Gasteiger partial charge in [-0.3, -0.25) is 9.48 Å². The van der Waals surface area contributed by atoms with E-state index in [1.807, 2.05) is 23.0 Å². The first-order chi connectivity index (χ1) is 14.8. The Bertz CT molecular complexity index is 1100. The van der Waals surface area contributed by atoms with Gasteiger partial charge in [0.1, 0.15) is 17.7 Å². The Balaban J connectivity index is 1.42. The van der Waals surface area contributed by atoms with Gasteiger partial charge in [-0.2, -0.15) is 18.3 Å². The Kier molecular flexibility index (Phi) is 5.75. The Morgan fingerprint density at radius 1 is 1.16 bits per heavy atom.